The van der Waals surface area contributed by atoms with Crippen LogP contribution in [-0.4, -0.2) is 55.7 Å². The average Bonchev–Trinajstić information content (AvgIpc) is 3.26. The van der Waals surface area contributed by atoms with Gasteiger partial charge >= 0.3 is 5.97 Å². The first-order valence-electron chi connectivity index (χ1n) is 10.8. The van der Waals surface area contributed by atoms with Crippen LogP contribution in [0.15, 0.2) is 53.4 Å². The number of nitrogens with zero attached hydrogens (tertiary/aromatic N) is 2. The quantitative estimate of drug-likeness (QED) is 0.383. The zero-order valence-electron chi connectivity index (χ0n) is 18.2. The van der Waals surface area contributed by atoms with E-state index in [0.717, 1.165) is 10.2 Å². The van der Waals surface area contributed by atoms with Crippen molar-refractivity contribution in [2.45, 2.75) is 24.7 Å². The summed E-state index contributed by atoms with van der Waals surface area (Å²) in [6.45, 7) is 2.55. The minimum absolute atomic E-state index is 0.00819. The first kappa shape index (κ1) is 23.3. The van der Waals surface area contributed by atoms with Gasteiger partial charge in [0.1, 0.15) is 0 Å². The van der Waals surface area contributed by atoms with E-state index in [1.54, 1.807) is 19.1 Å². The number of hydrogen-bond donors (Lipinski definition) is 1. The van der Waals surface area contributed by atoms with Gasteiger partial charge < -0.3 is 10.1 Å². The van der Waals surface area contributed by atoms with E-state index < -0.39 is 10.0 Å². The van der Waals surface area contributed by atoms with Gasteiger partial charge in [-0.15, -0.1) is 0 Å². The van der Waals surface area contributed by atoms with E-state index in [1.807, 2.05) is 24.3 Å². The number of nitrogens with one attached hydrogen (secondary N) is 1. The van der Waals surface area contributed by atoms with E-state index in [9.17, 15) is 18.0 Å². The number of carbonyl (C=O) groups is 2. The monoisotopic (exact) mass is 487 g/mol. The molecule has 3 aromatic rings. The van der Waals surface area contributed by atoms with Crippen molar-refractivity contribution in [3.63, 3.8) is 0 Å². The first-order valence-corrected chi connectivity index (χ1v) is 13.0. The summed E-state index contributed by atoms with van der Waals surface area (Å²) in [5, 5.41) is 3.67. The number of anilines is 1. The van der Waals surface area contributed by atoms with Crippen LogP contribution in [0.3, 0.4) is 0 Å². The predicted octanol–water partition coefficient (Wildman–Crippen LogP) is 3.55. The number of hydrogen-bond acceptors (Lipinski definition) is 8. The van der Waals surface area contributed by atoms with E-state index >= 15 is 0 Å². The SMILES string of the molecule is CCOC(=O)C1CCN(S(=O)(=O)c2cccc(C(=O)CNc3nc4ccccc4s3)c2)CC1. The summed E-state index contributed by atoms with van der Waals surface area (Å²) in [7, 11) is -3.77. The topological polar surface area (TPSA) is 106 Å². The summed E-state index contributed by atoms with van der Waals surface area (Å²) in [5.41, 5.74) is 1.17. The number of thiazole rings is 1. The van der Waals surface area contributed by atoms with E-state index in [-0.39, 0.29) is 42.2 Å². The molecule has 33 heavy (non-hydrogen) atoms. The molecule has 4 rings (SSSR count). The van der Waals surface area contributed by atoms with Crippen molar-refractivity contribution in [3.05, 3.63) is 54.1 Å². The standard InChI is InChI=1S/C23H25N3O5S2/c1-2-31-22(28)16-10-12-26(13-11-16)33(29,30)18-7-5-6-17(14-18)20(27)15-24-23-25-19-8-3-4-9-21(19)32-23/h3-9,14,16H,2,10-13,15H2,1H3,(H,24,25). The molecule has 0 spiro atoms. The summed E-state index contributed by atoms with van der Waals surface area (Å²) >= 11 is 1.46. The first-order chi connectivity index (χ1) is 15.9. The van der Waals surface area contributed by atoms with Gasteiger partial charge in [0, 0.05) is 18.7 Å². The Kier molecular flexibility index (Phi) is 7.06. The molecule has 1 saturated heterocycles. The fourth-order valence-electron chi connectivity index (χ4n) is 3.78. The number of ether oxygens (including phenoxy) is 1. The van der Waals surface area contributed by atoms with Crippen LogP contribution in [0.1, 0.15) is 30.1 Å². The van der Waals surface area contributed by atoms with Gasteiger partial charge in [-0.1, -0.05) is 35.6 Å². The summed E-state index contributed by atoms with van der Waals surface area (Å²) in [6.07, 6.45) is 0.839. The number of esters is 1. The van der Waals surface area contributed by atoms with E-state index in [2.05, 4.69) is 10.3 Å². The fourth-order valence-corrected chi connectivity index (χ4v) is 6.15. The summed E-state index contributed by atoms with van der Waals surface area (Å²) < 4.78 is 33.7. The molecule has 0 atom stereocenters. The molecular weight excluding hydrogens is 462 g/mol. The van der Waals surface area contributed by atoms with Crippen molar-refractivity contribution >= 4 is 48.5 Å². The van der Waals surface area contributed by atoms with Crippen LogP contribution in [0, 0.1) is 5.92 Å². The molecular formula is C23H25N3O5S2. The maximum atomic E-state index is 13.1. The van der Waals surface area contributed by atoms with Gasteiger partial charge in [0.05, 0.1) is 34.2 Å². The smallest absolute Gasteiger partial charge is 0.309 e. The molecule has 0 radical (unpaired) electrons. The molecule has 174 valence electrons. The van der Waals surface area contributed by atoms with Gasteiger partial charge in [0.25, 0.3) is 0 Å². The van der Waals surface area contributed by atoms with Crippen LogP contribution in [0.5, 0.6) is 0 Å². The lowest BCUT2D eigenvalue weighted by molar-refractivity contribution is -0.149. The molecule has 1 aliphatic heterocycles. The Bertz CT molecular complexity index is 1230. The highest BCUT2D eigenvalue weighted by atomic mass is 32.2. The number of Topliss-reactive ketones (excluding diaryl/α,β-unsaturated/α-hetero) is 1. The minimum Gasteiger partial charge on any atom is -0.466 e. The fraction of sp³-hybridized carbons (Fsp3) is 0.348. The summed E-state index contributed by atoms with van der Waals surface area (Å²) in [6, 6.07) is 13.8. The summed E-state index contributed by atoms with van der Waals surface area (Å²) in [4.78, 5) is 29.2. The van der Waals surface area contributed by atoms with E-state index in [0.29, 0.717) is 30.1 Å². The second kappa shape index (κ2) is 9.98. The molecule has 2 aromatic carbocycles. The number of sulfonamides is 1. The number of rotatable bonds is 8. The molecule has 1 aromatic heterocycles. The number of benzene rings is 2. The lowest BCUT2D eigenvalue weighted by Crippen LogP contribution is -2.40. The maximum absolute atomic E-state index is 13.1. The largest absolute Gasteiger partial charge is 0.466 e. The van der Waals surface area contributed by atoms with Gasteiger partial charge in [-0.25, -0.2) is 13.4 Å². The molecule has 2 heterocycles. The normalized spacial score (nSPS) is 15.4. The lowest BCUT2D eigenvalue weighted by Gasteiger charge is -2.30. The Balaban J connectivity index is 1.41. The van der Waals surface area contributed by atoms with Crippen molar-refractivity contribution in [1.82, 2.24) is 9.29 Å². The van der Waals surface area contributed by atoms with Crippen LogP contribution in [0.25, 0.3) is 10.2 Å². The third kappa shape index (κ3) is 5.23. The molecule has 0 saturated carbocycles. The molecule has 8 nitrogen and oxygen atoms in total. The molecule has 1 fully saturated rings. The molecule has 1 aliphatic rings. The van der Waals surface area contributed by atoms with Crippen LogP contribution in [-0.2, 0) is 19.6 Å². The highest BCUT2D eigenvalue weighted by Crippen LogP contribution is 2.27. The zero-order valence-corrected chi connectivity index (χ0v) is 19.8. The number of ketones is 1. The Morgan fingerprint density at radius 2 is 1.91 bits per heavy atom. The van der Waals surface area contributed by atoms with E-state index in [1.165, 1.54) is 27.8 Å². The van der Waals surface area contributed by atoms with Gasteiger partial charge in [-0.05, 0) is 44.0 Å². The Hall–Kier alpha value is -2.82. The molecule has 10 heteroatoms. The molecule has 1 N–H and O–H groups in total. The zero-order chi connectivity index (χ0) is 23.4. The maximum Gasteiger partial charge on any atom is 0.309 e. The number of para-hydroxylation sites is 1. The molecule has 0 bridgehead atoms. The average molecular weight is 488 g/mol. The third-order valence-corrected chi connectivity index (χ3v) is 8.45. The molecule has 0 amide bonds. The highest BCUT2D eigenvalue weighted by molar-refractivity contribution is 7.89. The van der Waals surface area contributed by atoms with E-state index in [4.69, 9.17) is 4.74 Å². The molecule has 0 aliphatic carbocycles. The van der Waals surface area contributed by atoms with Crippen molar-refractivity contribution in [2.75, 3.05) is 31.6 Å². The Labute approximate surface area is 196 Å². The second-order valence-electron chi connectivity index (χ2n) is 7.72. The number of piperidine rings is 1. The van der Waals surface area contributed by atoms with Crippen molar-refractivity contribution in [2.24, 2.45) is 5.92 Å². The van der Waals surface area contributed by atoms with Gasteiger partial charge in [0.15, 0.2) is 10.9 Å². The predicted molar refractivity (Wildman–Crippen MR) is 127 cm³/mol. The lowest BCUT2D eigenvalue weighted by atomic mass is 9.98. The van der Waals surface area contributed by atoms with Gasteiger partial charge in [-0.2, -0.15) is 4.31 Å². The van der Waals surface area contributed by atoms with Crippen LogP contribution in [0.2, 0.25) is 0 Å². The van der Waals surface area contributed by atoms with Crippen LogP contribution in [0.4, 0.5) is 5.13 Å². The number of aromatic nitrogens is 1. The van der Waals surface area contributed by atoms with Crippen molar-refractivity contribution < 1.29 is 22.7 Å². The Morgan fingerprint density at radius 1 is 1.15 bits per heavy atom. The second-order valence-corrected chi connectivity index (χ2v) is 10.7. The third-order valence-electron chi connectivity index (χ3n) is 5.56. The summed E-state index contributed by atoms with van der Waals surface area (Å²) in [5.74, 6) is -0.784. The van der Waals surface area contributed by atoms with Crippen molar-refractivity contribution in [1.29, 1.82) is 0 Å². The Morgan fingerprint density at radius 3 is 2.64 bits per heavy atom. The highest BCUT2D eigenvalue weighted by Gasteiger charge is 2.33. The minimum atomic E-state index is -3.77. The number of fused-ring (bicyclic) bond motifs is 1. The van der Waals surface area contributed by atoms with Crippen LogP contribution >= 0.6 is 11.3 Å². The molecule has 0 unspecified atom stereocenters. The van der Waals surface area contributed by atoms with Gasteiger partial charge in [-0.3, -0.25) is 9.59 Å². The van der Waals surface area contributed by atoms with Gasteiger partial charge in [0.2, 0.25) is 10.0 Å². The van der Waals surface area contributed by atoms with Crippen LogP contribution < -0.4 is 5.32 Å². The number of carbonyl (C=O) groups excluding carboxylic acids is 2. The van der Waals surface area contributed by atoms with Crippen molar-refractivity contribution in [3.8, 4) is 0 Å².